The van der Waals surface area contributed by atoms with E-state index in [1.165, 1.54) is 17.6 Å². The fraction of sp³-hybridized carbons (Fsp3) is 0.111. The molecular weight excluding hydrogens is 319 g/mol. The molecule has 0 amide bonds. The van der Waals surface area contributed by atoms with Crippen LogP contribution in [0.3, 0.4) is 0 Å². The van der Waals surface area contributed by atoms with E-state index in [0.29, 0.717) is 0 Å². The van der Waals surface area contributed by atoms with Crippen LogP contribution in [0.2, 0.25) is 0 Å². The number of hydrogen-bond acceptors (Lipinski definition) is 6. The van der Waals surface area contributed by atoms with Crippen LogP contribution in [0.15, 0.2) is 34.7 Å². The molecule has 108 valence electrons. The van der Waals surface area contributed by atoms with Gasteiger partial charge in [-0.1, -0.05) is 23.5 Å². The number of hydrogen-bond donors (Lipinski definition) is 1. The highest BCUT2D eigenvalue weighted by Crippen LogP contribution is 2.30. The minimum atomic E-state index is -4.99. The Morgan fingerprint density at radius 3 is 2.55 bits per heavy atom. The van der Waals surface area contributed by atoms with Gasteiger partial charge in [0.2, 0.25) is 5.13 Å². The van der Waals surface area contributed by atoms with Gasteiger partial charge in [0.15, 0.2) is 0 Å². The maximum atomic E-state index is 12.2. The molecule has 0 spiro atoms. The van der Waals surface area contributed by atoms with Crippen molar-refractivity contribution in [2.45, 2.75) is 11.3 Å². The van der Waals surface area contributed by atoms with Crippen molar-refractivity contribution >= 4 is 26.5 Å². The van der Waals surface area contributed by atoms with Crippen LogP contribution in [0.1, 0.15) is 0 Å². The molecule has 0 aliphatic carbocycles. The van der Waals surface area contributed by atoms with Crippen LogP contribution in [0.25, 0.3) is 0 Å². The zero-order valence-electron chi connectivity index (χ0n) is 9.46. The lowest BCUT2D eigenvalue weighted by atomic mass is 10.3. The number of nitrogens with one attached hydrogen (secondary N) is 1. The first-order chi connectivity index (χ1) is 9.28. The van der Waals surface area contributed by atoms with E-state index in [2.05, 4.69) is 14.9 Å². The van der Waals surface area contributed by atoms with Crippen molar-refractivity contribution < 1.29 is 26.3 Å². The summed E-state index contributed by atoms with van der Waals surface area (Å²) in [6.45, 7) is 0. The molecule has 2 rings (SSSR count). The summed E-state index contributed by atoms with van der Waals surface area (Å²) in [5.41, 5.74) is 1.27. The Kier molecular flexibility index (Phi) is 3.81. The topological polar surface area (TPSA) is 81.2 Å². The number of sulfonamides is 1. The number of ether oxygens (including phenoxy) is 1. The van der Waals surface area contributed by atoms with E-state index in [4.69, 9.17) is 0 Å². The fourth-order valence-corrected chi connectivity index (χ4v) is 3.09. The molecule has 0 atom stereocenters. The fourth-order valence-electron chi connectivity index (χ4n) is 1.27. The Morgan fingerprint density at radius 1 is 1.25 bits per heavy atom. The second kappa shape index (κ2) is 5.25. The first kappa shape index (κ1) is 14.5. The third-order valence-corrected chi connectivity index (χ3v) is 4.06. The van der Waals surface area contributed by atoms with Gasteiger partial charge in [-0.25, -0.2) is 8.42 Å². The largest absolute Gasteiger partial charge is 0.573 e. The van der Waals surface area contributed by atoms with Crippen molar-refractivity contribution in [1.29, 1.82) is 0 Å². The SMILES string of the molecule is O=S(=O)(Nc1nncs1)c1ccccc1OC(F)(F)F. The van der Waals surface area contributed by atoms with Gasteiger partial charge in [0.25, 0.3) is 10.0 Å². The minimum Gasteiger partial charge on any atom is -0.404 e. The third kappa shape index (κ3) is 3.57. The molecule has 1 heterocycles. The van der Waals surface area contributed by atoms with Crippen molar-refractivity contribution in [1.82, 2.24) is 10.2 Å². The Morgan fingerprint density at radius 2 is 1.95 bits per heavy atom. The number of para-hydroxylation sites is 1. The summed E-state index contributed by atoms with van der Waals surface area (Å²) in [4.78, 5) is -0.646. The molecule has 20 heavy (non-hydrogen) atoms. The van der Waals surface area contributed by atoms with E-state index in [0.717, 1.165) is 23.5 Å². The summed E-state index contributed by atoms with van der Waals surface area (Å²) in [6, 6.07) is 4.40. The van der Waals surface area contributed by atoms with E-state index >= 15 is 0 Å². The predicted molar refractivity (Wildman–Crippen MR) is 63.8 cm³/mol. The molecule has 2 aromatic rings. The first-order valence-electron chi connectivity index (χ1n) is 4.92. The van der Waals surface area contributed by atoms with E-state index in [1.54, 1.807) is 0 Å². The molecule has 0 fully saturated rings. The maximum Gasteiger partial charge on any atom is 0.573 e. The van der Waals surface area contributed by atoms with Crippen LogP contribution in [-0.4, -0.2) is 25.0 Å². The number of nitrogens with zero attached hydrogens (tertiary/aromatic N) is 2. The molecule has 0 saturated heterocycles. The first-order valence-corrected chi connectivity index (χ1v) is 7.28. The normalized spacial score (nSPS) is 12.2. The van der Waals surface area contributed by atoms with Crippen LogP contribution in [0.5, 0.6) is 5.75 Å². The Bertz CT molecular complexity index is 686. The average Bonchev–Trinajstić information content (AvgIpc) is 2.79. The summed E-state index contributed by atoms with van der Waals surface area (Å²) < 4.78 is 66.4. The van der Waals surface area contributed by atoms with Gasteiger partial charge in [-0.05, 0) is 12.1 Å². The third-order valence-electron chi connectivity index (χ3n) is 1.95. The molecule has 0 aliphatic heterocycles. The molecule has 1 aromatic carbocycles. The van der Waals surface area contributed by atoms with Crippen molar-refractivity contribution in [3.05, 3.63) is 29.8 Å². The molecule has 0 aliphatic rings. The molecule has 6 nitrogen and oxygen atoms in total. The Labute approximate surface area is 115 Å². The average molecular weight is 325 g/mol. The highest BCUT2D eigenvalue weighted by molar-refractivity contribution is 7.93. The van der Waals surface area contributed by atoms with Gasteiger partial charge in [-0.3, -0.25) is 4.72 Å². The van der Waals surface area contributed by atoms with E-state index in [-0.39, 0.29) is 5.13 Å². The van der Waals surface area contributed by atoms with Crippen LogP contribution in [0.4, 0.5) is 18.3 Å². The molecule has 1 N–H and O–H groups in total. The smallest absolute Gasteiger partial charge is 0.404 e. The second-order valence-electron chi connectivity index (χ2n) is 3.34. The zero-order valence-corrected chi connectivity index (χ0v) is 11.1. The number of aromatic nitrogens is 2. The molecule has 0 unspecified atom stereocenters. The standard InChI is InChI=1S/C9H6F3N3O3S2/c10-9(11,12)18-6-3-1-2-4-7(6)20(16,17)15-8-14-13-5-19-8/h1-5H,(H,14,15). The Balaban J connectivity index is 2.36. The van der Waals surface area contributed by atoms with E-state index < -0.39 is 27.0 Å². The molecular formula is C9H6F3N3O3S2. The number of benzene rings is 1. The van der Waals surface area contributed by atoms with Crippen molar-refractivity contribution in [3.8, 4) is 5.75 Å². The lowest BCUT2D eigenvalue weighted by molar-refractivity contribution is -0.275. The van der Waals surface area contributed by atoms with Gasteiger partial charge >= 0.3 is 6.36 Å². The quantitative estimate of drug-likeness (QED) is 0.932. The summed E-state index contributed by atoms with van der Waals surface area (Å²) in [6.07, 6.45) is -4.99. The monoisotopic (exact) mass is 325 g/mol. The lowest BCUT2D eigenvalue weighted by Gasteiger charge is -2.13. The predicted octanol–water partition coefficient (Wildman–Crippen LogP) is 2.24. The highest BCUT2D eigenvalue weighted by Gasteiger charge is 2.34. The summed E-state index contributed by atoms with van der Waals surface area (Å²) in [5, 5.41) is 6.80. The van der Waals surface area contributed by atoms with Crippen molar-refractivity contribution in [2.75, 3.05) is 4.72 Å². The molecule has 0 bridgehead atoms. The number of rotatable bonds is 4. The van der Waals surface area contributed by atoms with Crippen LogP contribution >= 0.6 is 11.3 Å². The Hall–Kier alpha value is -1.88. The number of halogens is 3. The van der Waals surface area contributed by atoms with Gasteiger partial charge in [0.1, 0.15) is 16.2 Å². The number of alkyl halides is 3. The highest BCUT2D eigenvalue weighted by atomic mass is 32.2. The van der Waals surface area contributed by atoms with Gasteiger partial charge in [-0.2, -0.15) is 0 Å². The minimum absolute atomic E-state index is 0.0631. The summed E-state index contributed by atoms with van der Waals surface area (Å²) in [7, 11) is -4.25. The summed E-state index contributed by atoms with van der Waals surface area (Å²) in [5.74, 6) is -0.822. The van der Waals surface area contributed by atoms with E-state index in [9.17, 15) is 21.6 Å². The van der Waals surface area contributed by atoms with Gasteiger partial charge in [0, 0.05) is 0 Å². The van der Waals surface area contributed by atoms with E-state index in [1.807, 2.05) is 4.72 Å². The summed E-state index contributed by atoms with van der Waals surface area (Å²) >= 11 is 0.888. The van der Waals surface area contributed by atoms with Crippen LogP contribution < -0.4 is 9.46 Å². The molecule has 0 saturated carbocycles. The molecule has 1 aromatic heterocycles. The maximum absolute atomic E-state index is 12.2. The lowest BCUT2D eigenvalue weighted by Crippen LogP contribution is -2.20. The van der Waals surface area contributed by atoms with Crippen LogP contribution in [-0.2, 0) is 10.0 Å². The molecule has 11 heteroatoms. The molecule has 0 radical (unpaired) electrons. The second-order valence-corrected chi connectivity index (χ2v) is 5.83. The van der Waals surface area contributed by atoms with Crippen LogP contribution in [0, 0.1) is 0 Å². The van der Waals surface area contributed by atoms with Gasteiger partial charge < -0.3 is 4.74 Å². The van der Waals surface area contributed by atoms with Crippen molar-refractivity contribution in [3.63, 3.8) is 0 Å². The van der Waals surface area contributed by atoms with Gasteiger partial charge in [0.05, 0.1) is 0 Å². The van der Waals surface area contributed by atoms with Crippen molar-refractivity contribution in [2.24, 2.45) is 0 Å². The number of anilines is 1. The van der Waals surface area contributed by atoms with Gasteiger partial charge in [-0.15, -0.1) is 23.4 Å². The zero-order chi connectivity index (χ0) is 14.8.